The fraction of sp³-hybridized carbons (Fsp3) is 0.400. The molecule has 9 heteroatoms. The van der Waals surface area contributed by atoms with Crippen molar-refractivity contribution in [3.63, 3.8) is 0 Å². The lowest BCUT2D eigenvalue weighted by Gasteiger charge is -2.17. The predicted molar refractivity (Wildman–Crippen MR) is 102 cm³/mol. The minimum absolute atomic E-state index is 0.139. The molecule has 0 aliphatic carbocycles. The second kappa shape index (κ2) is 8.10. The number of fused-ring (bicyclic) bond motifs is 1. The van der Waals surface area contributed by atoms with Gasteiger partial charge in [-0.1, -0.05) is 6.92 Å². The zero-order valence-electron chi connectivity index (χ0n) is 16.5. The molecule has 0 radical (unpaired) electrons. The monoisotopic (exact) mass is 404 g/mol. The summed E-state index contributed by atoms with van der Waals surface area (Å²) < 4.78 is 31.0. The van der Waals surface area contributed by atoms with Gasteiger partial charge in [-0.3, -0.25) is 9.59 Å². The van der Waals surface area contributed by atoms with Crippen molar-refractivity contribution in [3.8, 4) is 5.88 Å². The van der Waals surface area contributed by atoms with Gasteiger partial charge < -0.3 is 15.0 Å². The lowest BCUT2D eigenvalue weighted by Crippen LogP contribution is -2.24. The molecule has 3 rings (SSSR count). The van der Waals surface area contributed by atoms with Gasteiger partial charge in [-0.25, -0.2) is 18.7 Å². The molecule has 2 aromatic rings. The van der Waals surface area contributed by atoms with E-state index in [-0.39, 0.29) is 24.2 Å². The molecule has 0 fully saturated rings. The molecule has 0 bridgehead atoms. The number of alkyl halides is 2. The zero-order valence-corrected chi connectivity index (χ0v) is 16.5. The number of nitrogens with zero attached hydrogens (tertiary/aromatic N) is 3. The van der Waals surface area contributed by atoms with Gasteiger partial charge in [-0.15, -0.1) is 0 Å². The molecule has 1 aliphatic heterocycles. The Kier molecular flexibility index (Phi) is 5.76. The van der Waals surface area contributed by atoms with E-state index in [4.69, 9.17) is 4.74 Å². The van der Waals surface area contributed by atoms with Crippen LogP contribution in [0.3, 0.4) is 0 Å². The summed E-state index contributed by atoms with van der Waals surface area (Å²) in [5.41, 5.74) is 2.52. The third-order valence-corrected chi connectivity index (χ3v) is 4.42. The Hall–Kier alpha value is -3.10. The summed E-state index contributed by atoms with van der Waals surface area (Å²) in [6.45, 7) is 4.06. The van der Waals surface area contributed by atoms with E-state index in [2.05, 4.69) is 15.3 Å². The third-order valence-electron chi connectivity index (χ3n) is 4.42. The van der Waals surface area contributed by atoms with E-state index in [1.807, 2.05) is 0 Å². The molecule has 0 unspecified atom stereocenters. The Morgan fingerprint density at radius 2 is 2.14 bits per heavy atom. The molecule has 0 atom stereocenters. The van der Waals surface area contributed by atoms with E-state index < -0.39 is 12.5 Å². The minimum atomic E-state index is -2.94. The molecule has 1 aliphatic rings. The number of aryl methyl sites for hydroxylation is 1. The molecular formula is C20H22F2N4O3. The van der Waals surface area contributed by atoms with Crippen molar-refractivity contribution in [3.05, 3.63) is 46.8 Å². The summed E-state index contributed by atoms with van der Waals surface area (Å²) in [6.07, 6.45) is 3.31. The maximum absolute atomic E-state index is 13.0. The first-order chi connectivity index (χ1) is 13.7. The van der Waals surface area contributed by atoms with E-state index in [0.717, 1.165) is 12.5 Å². The van der Waals surface area contributed by atoms with Crippen LogP contribution in [0.25, 0.3) is 0 Å². The highest BCUT2D eigenvalue weighted by atomic mass is 19.3. The Morgan fingerprint density at radius 1 is 1.38 bits per heavy atom. The van der Waals surface area contributed by atoms with E-state index in [0.29, 0.717) is 35.5 Å². The van der Waals surface area contributed by atoms with Gasteiger partial charge in [-0.2, -0.15) is 0 Å². The number of anilines is 1. The van der Waals surface area contributed by atoms with Gasteiger partial charge in [0.25, 0.3) is 11.8 Å². The van der Waals surface area contributed by atoms with Crippen molar-refractivity contribution in [2.45, 2.75) is 46.2 Å². The first kappa shape index (κ1) is 20.6. The van der Waals surface area contributed by atoms with Crippen LogP contribution in [0, 0.1) is 6.92 Å². The normalized spacial score (nSPS) is 13.4. The van der Waals surface area contributed by atoms with Crippen LogP contribution in [0.15, 0.2) is 24.5 Å². The number of hydrogen-bond donors (Lipinski definition) is 1. The van der Waals surface area contributed by atoms with E-state index in [9.17, 15) is 18.4 Å². The van der Waals surface area contributed by atoms with Gasteiger partial charge in [0, 0.05) is 49.0 Å². The topological polar surface area (TPSA) is 84.4 Å². The third kappa shape index (κ3) is 4.85. The molecule has 3 heterocycles. The van der Waals surface area contributed by atoms with Gasteiger partial charge >= 0.3 is 0 Å². The van der Waals surface area contributed by atoms with Crippen molar-refractivity contribution >= 4 is 17.6 Å². The summed E-state index contributed by atoms with van der Waals surface area (Å²) in [7, 11) is 0. The van der Waals surface area contributed by atoms with E-state index >= 15 is 0 Å². The number of nitrogens with one attached hydrogen (secondary N) is 1. The lowest BCUT2D eigenvalue weighted by molar-refractivity contribution is -0.115. The molecule has 2 aromatic heterocycles. The molecule has 154 valence electrons. The quantitative estimate of drug-likeness (QED) is 0.765. The number of pyridine rings is 2. The van der Waals surface area contributed by atoms with E-state index in [1.54, 1.807) is 30.9 Å². The Morgan fingerprint density at radius 3 is 2.79 bits per heavy atom. The van der Waals surface area contributed by atoms with Crippen LogP contribution in [0.5, 0.6) is 5.88 Å². The number of amides is 2. The lowest BCUT2D eigenvalue weighted by atomic mass is 10.1. The number of hydrogen-bond acceptors (Lipinski definition) is 5. The Bertz CT molecular complexity index is 944. The van der Waals surface area contributed by atoms with Crippen LogP contribution in [0.1, 0.15) is 47.3 Å². The van der Waals surface area contributed by atoms with Crippen LogP contribution in [-0.2, 0) is 17.9 Å². The van der Waals surface area contributed by atoms with Crippen LogP contribution >= 0.6 is 0 Å². The molecule has 0 saturated heterocycles. The standard InChI is InChI=1S/C20H22F2N4O3/c1-4-16(27)25-17-15-10-26(19(28)14(15)5-6-23-17)9-13-7-12(2)18(24-8-13)29-11-20(3,21)22/h5-8H,4,9-11H2,1-3H3,(H,23,25,27). The van der Waals surface area contributed by atoms with Crippen LogP contribution in [-0.4, -0.2) is 39.2 Å². The highest BCUT2D eigenvalue weighted by Crippen LogP contribution is 2.29. The summed E-state index contributed by atoms with van der Waals surface area (Å²) >= 11 is 0. The maximum atomic E-state index is 13.0. The molecule has 1 N–H and O–H groups in total. The molecule has 29 heavy (non-hydrogen) atoms. The van der Waals surface area contributed by atoms with Crippen LogP contribution in [0.4, 0.5) is 14.6 Å². The van der Waals surface area contributed by atoms with Crippen molar-refractivity contribution in [2.24, 2.45) is 0 Å². The number of carbonyl (C=O) groups is 2. The number of ether oxygens (including phenoxy) is 1. The van der Waals surface area contributed by atoms with Crippen molar-refractivity contribution in [1.82, 2.24) is 14.9 Å². The largest absolute Gasteiger partial charge is 0.471 e. The maximum Gasteiger partial charge on any atom is 0.278 e. The first-order valence-electron chi connectivity index (χ1n) is 9.21. The minimum Gasteiger partial charge on any atom is -0.471 e. The van der Waals surface area contributed by atoms with Gasteiger partial charge in [0.1, 0.15) is 5.82 Å². The highest BCUT2D eigenvalue weighted by Gasteiger charge is 2.30. The molecule has 7 nitrogen and oxygen atoms in total. The van der Waals surface area contributed by atoms with Gasteiger partial charge in [0.15, 0.2) is 6.61 Å². The number of halogens is 2. The average Bonchev–Trinajstić information content (AvgIpc) is 2.97. The zero-order chi connectivity index (χ0) is 21.2. The first-order valence-corrected chi connectivity index (χ1v) is 9.21. The van der Waals surface area contributed by atoms with Crippen LogP contribution in [0.2, 0.25) is 0 Å². The van der Waals surface area contributed by atoms with E-state index in [1.165, 1.54) is 12.4 Å². The Balaban J connectivity index is 1.73. The van der Waals surface area contributed by atoms with Crippen LogP contribution < -0.4 is 10.1 Å². The molecule has 2 amide bonds. The van der Waals surface area contributed by atoms with Crippen molar-refractivity contribution < 1.29 is 23.1 Å². The smallest absolute Gasteiger partial charge is 0.278 e. The highest BCUT2D eigenvalue weighted by molar-refractivity contribution is 6.01. The second-order valence-electron chi connectivity index (χ2n) is 7.07. The molecule has 0 saturated carbocycles. The average molecular weight is 404 g/mol. The molecule has 0 aromatic carbocycles. The second-order valence-corrected chi connectivity index (χ2v) is 7.07. The Labute approximate surface area is 167 Å². The van der Waals surface area contributed by atoms with Gasteiger partial charge in [0.05, 0.1) is 6.54 Å². The summed E-state index contributed by atoms with van der Waals surface area (Å²) in [5.74, 6) is -2.76. The number of aromatic nitrogens is 2. The van der Waals surface area contributed by atoms with Gasteiger partial charge in [0.2, 0.25) is 11.8 Å². The summed E-state index contributed by atoms with van der Waals surface area (Å²) in [4.78, 5) is 34.3. The van der Waals surface area contributed by atoms with Gasteiger partial charge in [-0.05, 0) is 24.6 Å². The number of rotatable bonds is 7. The predicted octanol–water partition coefficient (Wildman–Crippen LogP) is 3.32. The summed E-state index contributed by atoms with van der Waals surface area (Å²) in [5, 5.41) is 2.72. The van der Waals surface area contributed by atoms with Crippen molar-refractivity contribution in [1.29, 1.82) is 0 Å². The summed E-state index contributed by atoms with van der Waals surface area (Å²) in [6, 6.07) is 3.38. The van der Waals surface area contributed by atoms with Crippen molar-refractivity contribution in [2.75, 3.05) is 11.9 Å². The SMILES string of the molecule is CCC(=O)Nc1nccc2c1CN(Cc1cnc(OCC(C)(F)F)c(C)c1)C2=O. The molecular weight excluding hydrogens is 382 g/mol. The number of carbonyl (C=O) groups excluding carboxylic acids is 2. The fourth-order valence-electron chi connectivity index (χ4n) is 3.02. The fourth-order valence-corrected chi connectivity index (χ4v) is 3.02. The molecule has 0 spiro atoms.